The van der Waals surface area contributed by atoms with Crippen LogP contribution >= 0.6 is 15.9 Å². The zero-order valence-electron chi connectivity index (χ0n) is 8.97. The predicted molar refractivity (Wildman–Crippen MR) is 62.6 cm³/mol. The zero-order valence-corrected chi connectivity index (χ0v) is 10.6. The highest BCUT2D eigenvalue weighted by Gasteiger charge is 2.18. The monoisotopic (exact) mass is 261 g/mol. The minimum atomic E-state index is 0.252. The van der Waals surface area contributed by atoms with Gasteiger partial charge in [0.15, 0.2) is 0 Å². The first kappa shape index (κ1) is 12.0. The molecule has 0 aromatic heterocycles. The SMILES string of the molecule is CCCC1CCCN(C(=O)CBr)CC1. The van der Waals surface area contributed by atoms with E-state index in [4.69, 9.17) is 0 Å². The highest BCUT2D eigenvalue weighted by molar-refractivity contribution is 9.09. The second-order valence-electron chi connectivity index (χ2n) is 4.10. The second kappa shape index (κ2) is 6.44. The van der Waals surface area contributed by atoms with Gasteiger partial charge >= 0.3 is 0 Å². The van der Waals surface area contributed by atoms with Gasteiger partial charge in [-0.2, -0.15) is 0 Å². The third kappa shape index (κ3) is 3.60. The second-order valence-corrected chi connectivity index (χ2v) is 4.66. The lowest BCUT2D eigenvalue weighted by atomic mass is 9.96. The highest BCUT2D eigenvalue weighted by atomic mass is 79.9. The van der Waals surface area contributed by atoms with E-state index < -0.39 is 0 Å². The maximum atomic E-state index is 11.5. The molecule has 3 heteroatoms. The predicted octanol–water partition coefficient (Wildman–Crippen LogP) is 2.81. The Morgan fingerprint density at radius 1 is 1.43 bits per heavy atom. The third-order valence-electron chi connectivity index (χ3n) is 3.01. The van der Waals surface area contributed by atoms with Gasteiger partial charge < -0.3 is 4.90 Å². The molecule has 1 fully saturated rings. The van der Waals surface area contributed by atoms with Crippen molar-refractivity contribution in [1.82, 2.24) is 4.90 Å². The van der Waals surface area contributed by atoms with Crippen LogP contribution in [-0.2, 0) is 4.79 Å². The van der Waals surface area contributed by atoms with Crippen molar-refractivity contribution in [1.29, 1.82) is 0 Å². The van der Waals surface area contributed by atoms with E-state index in [1.807, 2.05) is 4.90 Å². The van der Waals surface area contributed by atoms with E-state index in [0.29, 0.717) is 5.33 Å². The molecule has 1 aliphatic rings. The molecule has 0 spiro atoms. The summed E-state index contributed by atoms with van der Waals surface area (Å²) in [5.74, 6) is 1.11. The van der Waals surface area contributed by atoms with E-state index in [1.165, 1.54) is 32.1 Å². The Morgan fingerprint density at radius 2 is 2.21 bits per heavy atom. The standard InChI is InChI=1S/C11H20BrNO/c1-2-4-10-5-3-7-13(8-6-10)11(14)9-12/h10H,2-9H2,1H3. The Bertz CT molecular complexity index is 184. The fraction of sp³-hybridized carbons (Fsp3) is 0.909. The van der Waals surface area contributed by atoms with Crippen molar-refractivity contribution in [3.8, 4) is 0 Å². The fourth-order valence-electron chi connectivity index (χ4n) is 2.20. The molecule has 0 N–H and O–H groups in total. The van der Waals surface area contributed by atoms with E-state index in [9.17, 15) is 4.79 Å². The number of alkyl halides is 1. The summed E-state index contributed by atoms with van der Waals surface area (Å²) in [7, 11) is 0. The lowest BCUT2D eigenvalue weighted by Crippen LogP contribution is -2.32. The van der Waals surface area contributed by atoms with Gasteiger partial charge in [0, 0.05) is 13.1 Å². The largest absolute Gasteiger partial charge is 0.342 e. The van der Waals surface area contributed by atoms with Crippen LogP contribution in [0, 0.1) is 5.92 Å². The normalized spacial score (nSPS) is 23.3. The molecule has 1 saturated heterocycles. The van der Waals surface area contributed by atoms with Crippen LogP contribution in [0.1, 0.15) is 39.0 Å². The summed E-state index contributed by atoms with van der Waals surface area (Å²) in [5, 5.41) is 0.478. The molecule has 0 aromatic rings. The first-order valence-corrected chi connectivity index (χ1v) is 6.73. The maximum absolute atomic E-state index is 11.5. The zero-order chi connectivity index (χ0) is 10.4. The average Bonchev–Trinajstić information content (AvgIpc) is 2.43. The lowest BCUT2D eigenvalue weighted by Gasteiger charge is -2.19. The number of hydrogen-bond acceptors (Lipinski definition) is 1. The van der Waals surface area contributed by atoms with Gasteiger partial charge in [0.1, 0.15) is 0 Å². The smallest absolute Gasteiger partial charge is 0.233 e. The summed E-state index contributed by atoms with van der Waals surface area (Å²) in [6.07, 6.45) is 6.29. The number of rotatable bonds is 3. The molecule has 1 rings (SSSR count). The Morgan fingerprint density at radius 3 is 2.86 bits per heavy atom. The van der Waals surface area contributed by atoms with Crippen LogP contribution in [0.2, 0.25) is 0 Å². The summed E-state index contributed by atoms with van der Waals surface area (Å²) in [4.78, 5) is 13.5. The van der Waals surface area contributed by atoms with Gasteiger partial charge in [0.05, 0.1) is 5.33 Å². The summed E-state index contributed by atoms with van der Waals surface area (Å²) in [6, 6.07) is 0. The minimum Gasteiger partial charge on any atom is -0.342 e. The summed E-state index contributed by atoms with van der Waals surface area (Å²) in [5.41, 5.74) is 0. The van der Waals surface area contributed by atoms with Gasteiger partial charge in [-0.25, -0.2) is 0 Å². The number of nitrogens with zero attached hydrogens (tertiary/aromatic N) is 1. The first-order chi connectivity index (χ1) is 6.77. The van der Waals surface area contributed by atoms with Gasteiger partial charge in [-0.05, 0) is 25.2 Å². The van der Waals surface area contributed by atoms with Crippen LogP contribution in [0.25, 0.3) is 0 Å². The fourth-order valence-corrected chi connectivity index (χ4v) is 2.55. The van der Waals surface area contributed by atoms with E-state index in [-0.39, 0.29) is 5.91 Å². The van der Waals surface area contributed by atoms with Crippen molar-refractivity contribution >= 4 is 21.8 Å². The molecule has 1 aliphatic heterocycles. The van der Waals surface area contributed by atoms with Gasteiger partial charge in [-0.15, -0.1) is 0 Å². The van der Waals surface area contributed by atoms with Crippen molar-refractivity contribution in [3.63, 3.8) is 0 Å². The molecule has 1 atom stereocenters. The van der Waals surface area contributed by atoms with E-state index in [0.717, 1.165) is 19.0 Å². The topological polar surface area (TPSA) is 20.3 Å². The molecular weight excluding hydrogens is 242 g/mol. The van der Waals surface area contributed by atoms with E-state index >= 15 is 0 Å². The molecule has 82 valence electrons. The van der Waals surface area contributed by atoms with Crippen molar-refractivity contribution in [2.24, 2.45) is 5.92 Å². The Labute approximate surface area is 95.2 Å². The highest BCUT2D eigenvalue weighted by Crippen LogP contribution is 2.21. The summed E-state index contributed by atoms with van der Waals surface area (Å²) < 4.78 is 0. The van der Waals surface area contributed by atoms with Gasteiger partial charge in [0.2, 0.25) is 5.91 Å². The maximum Gasteiger partial charge on any atom is 0.233 e. The molecular formula is C11H20BrNO. The molecule has 14 heavy (non-hydrogen) atoms. The molecule has 0 aromatic carbocycles. The Kier molecular flexibility index (Phi) is 5.53. The number of halogens is 1. The van der Waals surface area contributed by atoms with E-state index in [2.05, 4.69) is 22.9 Å². The average molecular weight is 262 g/mol. The van der Waals surface area contributed by atoms with Crippen molar-refractivity contribution in [2.45, 2.75) is 39.0 Å². The molecule has 1 unspecified atom stereocenters. The molecule has 1 heterocycles. The van der Waals surface area contributed by atoms with Gasteiger partial charge in [-0.1, -0.05) is 35.7 Å². The van der Waals surface area contributed by atoms with Crippen molar-refractivity contribution in [3.05, 3.63) is 0 Å². The molecule has 0 aliphatic carbocycles. The molecule has 0 saturated carbocycles. The first-order valence-electron chi connectivity index (χ1n) is 5.61. The Hall–Kier alpha value is -0.0500. The third-order valence-corrected chi connectivity index (χ3v) is 3.49. The number of carbonyl (C=O) groups is 1. The van der Waals surface area contributed by atoms with Gasteiger partial charge in [-0.3, -0.25) is 4.79 Å². The summed E-state index contributed by atoms with van der Waals surface area (Å²) in [6.45, 7) is 4.17. The van der Waals surface area contributed by atoms with Crippen LogP contribution < -0.4 is 0 Å². The van der Waals surface area contributed by atoms with Crippen LogP contribution in [0.15, 0.2) is 0 Å². The van der Waals surface area contributed by atoms with Crippen LogP contribution in [0.3, 0.4) is 0 Å². The minimum absolute atomic E-state index is 0.252. The molecule has 0 bridgehead atoms. The van der Waals surface area contributed by atoms with Crippen LogP contribution in [-0.4, -0.2) is 29.2 Å². The van der Waals surface area contributed by atoms with Crippen LogP contribution in [0.5, 0.6) is 0 Å². The van der Waals surface area contributed by atoms with E-state index in [1.54, 1.807) is 0 Å². The quantitative estimate of drug-likeness (QED) is 0.716. The number of hydrogen-bond donors (Lipinski definition) is 0. The van der Waals surface area contributed by atoms with Crippen LogP contribution in [0.4, 0.5) is 0 Å². The summed E-state index contributed by atoms with van der Waals surface area (Å²) >= 11 is 3.23. The molecule has 2 nitrogen and oxygen atoms in total. The number of likely N-dealkylation sites (tertiary alicyclic amines) is 1. The molecule has 1 amide bonds. The van der Waals surface area contributed by atoms with Crippen molar-refractivity contribution < 1.29 is 4.79 Å². The van der Waals surface area contributed by atoms with Crippen molar-refractivity contribution in [2.75, 3.05) is 18.4 Å². The molecule has 0 radical (unpaired) electrons. The number of carbonyl (C=O) groups excluding carboxylic acids is 1. The number of amides is 1. The van der Waals surface area contributed by atoms with Gasteiger partial charge in [0.25, 0.3) is 0 Å². The lowest BCUT2D eigenvalue weighted by molar-refractivity contribution is -0.128. The Balaban J connectivity index is 2.36.